The van der Waals surface area contributed by atoms with E-state index in [0.717, 1.165) is 11.3 Å². The highest BCUT2D eigenvalue weighted by molar-refractivity contribution is 5.91. The molecule has 1 aromatic rings. The summed E-state index contributed by atoms with van der Waals surface area (Å²) in [6.45, 7) is 5.38. The van der Waals surface area contributed by atoms with Crippen LogP contribution in [0, 0.1) is 10.1 Å². The number of allylic oxidation sites excluding steroid dienone is 3. The molecule has 0 saturated heterocycles. The highest BCUT2D eigenvalue weighted by Crippen LogP contribution is 2.40. The lowest BCUT2D eigenvalue weighted by Crippen LogP contribution is -2.28. The van der Waals surface area contributed by atoms with Crippen LogP contribution in [0.3, 0.4) is 0 Å². The van der Waals surface area contributed by atoms with Gasteiger partial charge < -0.3 is 15.3 Å². The number of nitro benzene ring substituents is 1. The van der Waals surface area contributed by atoms with E-state index in [1.165, 1.54) is 12.1 Å². The van der Waals surface area contributed by atoms with Crippen molar-refractivity contribution >= 4 is 17.9 Å². The molecule has 2 rings (SSSR count). The molecule has 2 unspecified atom stereocenters. The van der Waals surface area contributed by atoms with E-state index >= 15 is 0 Å². The Morgan fingerprint density at radius 3 is 2.69 bits per heavy atom. The Hall–Kier alpha value is -3.20. The second kappa shape index (κ2) is 9.33. The van der Waals surface area contributed by atoms with Crippen LogP contribution in [0.1, 0.15) is 38.7 Å². The maximum atomic E-state index is 12.0. The van der Waals surface area contributed by atoms with Gasteiger partial charge in [0.2, 0.25) is 0 Å². The van der Waals surface area contributed by atoms with Crippen LogP contribution in [-0.4, -0.2) is 47.4 Å². The number of carboxylic acids is 1. The van der Waals surface area contributed by atoms with Gasteiger partial charge in [-0.2, -0.15) is 0 Å². The van der Waals surface area contributed by atoms with Gasteiger partial charge in [0.05, 0.1) is 10.5 Å². The quantitative estimate of drug-likeness (QED) is 0.297. The number of hydrogen-bond donors (Lipinski definition) is 2. The Balaban J connectivity index is 2.43. The maximum absolute atomic E-state index is 12.0. The molecular weight excluding hydrogens is 376 g/mol. The molecule has 29 heavy (non-hydrogen) atoms. The Bertz CT molecular complexity index is 889. The van der Waals surface area contributed by atoms with E-state index in [1.54, 1.807) is 25.3 Å². The molecule has 0 amide bonds. The predicted octanol–water partition coefficient (Wildman–Crippen LogP) is 3.21. The molecule has 0 aliphatic carbocycles. The molecule has 156 valence electrons. The van der Waals surface area contributed by atoms with Crippen molar-refractivity contribution in [3.05, 3.63) is 62.5 Å². The van der Waals surface area contributed by atoms with Gasteiger partial charge in [-0.1, -0.05) is 17.3 Å². The smallest absolute Gasteiger partial charge is 0.334 e. The van der Waals surface area contributed by atoms with Crippen LogP contribution in [0.25, 0.3) is 0 Å². The summed E-state index contributed by atoms with van der Waals surface area (Å²) in [5, 5.41) is 28.1. The van der Waals surface area contributed by atoms with Crippen molar-refractivity contribution in [1.29, 1.82) is 0 Å². The second-order valence-corrected chi connectivity index (χ2v) is 7.06. The van der Waals surface area contributed by atoms with Crippen LogP contribution in [0.15, 0.2) is 52.0 Å². The second-order valence-electron chi connectivity index (χ2n) is 7.06. The molecule has 2 atom stereocenters. The average molecular weight is 402 g/mol. The van der Waals surface area contributed by atoms with Crippen molar-refractivity contribution in [2.75, 3.05) is 14.1 Å². The fourth-order valence-electron chi connectivity index (χ4n) is 3.14. The molecule has 0 radical (unpaired) electrons. The number of nitro groups is 1. The maximum Gasteiger partial charge on any atom is 0.334 e. The number of aliphatic carboxylic acids is 1. The van der Waals surface area contributed by atoms with Crippen molar-refractivity contribution in [3.63, 3.8) is 0 Å². The number of benzene rings is 1. The van der Waals surface area contributed by atoms with E-state index in [4.69, 9.17) is 4.84 Å². The van der Waals surface area contributed by atoms with Gasteiger partial charge >= 0.3 is 5.97 Å². The van der Waals surface area contributed by atoms with Crippen molar-refractivity contribution < 1.29 is 19.7 Å². The lowest BCUT2D eigenvalue weighted by atomic mass is 9.79. The zero-order valence-corrected chi connectivity index (χ0v) is 17.2. The van der Waals surface area contributed by atoms with Crippen LogP contribution in [0.4, 0.5) is 5.69 Å². The number of nitrogens with zero attached hydrogens (tertiary/aromatic N) is 3. The minimum Gasteiger partial charge on any atom is -0.478 e. The first kappa shape index (κ1) is 22.1. The van der Waals surface area contributed by atoms with E-state index in [2.05, 4.69) is 10.5 Å². The number of hydrogen-bond acceptors (Lipinski definition) is 7. The summed E-state index contributed by atoms with van der Waals surface area (Å²) in [6.07, 6.45) is 1.69. The van der Waals surface area contributed by atoms with Crippen molar-refractivity contribution in [3.8, 4) is 0 Å². The van der Waals surface area contributed by atoms with Crippen molar-refractivity contribution in [2.24, 2.45) is 5.16 Å². The summed E-state index contributed by atoms with van der Waals surface area (Å²) in [4.78, 5) is 29.9. The van der Waals surface area contributed by atoms with Gasteiger partial charge in [0.25, 0.3) is 5.69 Å². The van der Waals surface area contributed by atoms with Crippen LogP contribution in [0.5, 0.6) is 0 Å². The lowest BCUT2D eigenvalue weighted by Gasteiger charge is -2.30. The van der Waals surface area contributed by atoms with Gasteiger partial charge in [-0.15, -0.1) is 0 Å². The van der Waals surface area contributed by atoms with E-state index < -0.39 is 16.8 Å². The molecule has 1 aliphatic heterocycles. The first-order valence-corrected chi connectivity index (χ1v) is 9.12. The number of dihydropyridines is 1. The Labute approximate surface area is 169 Å². The fourth-order valence-corrected chi connectivity index (χ4v) is 3.14. The number of carboxylic acid groups (broad SMARTS) is 1. The van der Waals surface area contributed by atoms with Crippen LogP contribution < -0.4 is 5.32 Å². The molecule has 1 aliphatic rings. The van der Waals surface area contributed by atoms with Gasteiger partial charge in [0, 0.05) is 42.1 Å². The fraction of sp³-hybridized carbons (Fsp3) is 0.400. The summed E-state index contributed by atoms with van der Waals surface area (Å²) in [5.74, 6) is -1.71. The number of oxime groups is 1. The minimum atomic E-state index is -1.08. The number of carbonyl (C=O) groups is 1. The third-order valence-electron chi connectivity index (χ3n) is 4.87. The Kier molecular flexibility index (Phi) is 7.11. The standard InChI is InChI=1S/C20H26N4O5/c1-12-17(9-10-21-29-14(3)23(4)5)19(18(20(25)26)13(2)22-12)15-7-6-8-16(11-15)24(27)28/h6-8,10-11,14,19,22H,9H2,1-5H3,(H,25,26). The van der Waals surface area contributed by atoms with E-state index in [0.29, 0.717) is 17.7 Å². The molecule has 0 bridgehead atoms. The van der Waals surface area contributed by atoms with E-state index in [9.17, 15) is 20.0 Å². The molecule has 9 heteroatoms. The first-order valence-electron chi connectivity index (χ1n) is 9.12. The average Bonchev–Trinajstić information content (AvgIpc) is 2.65. The van der Waals surface area contributed by atoms with E-state index in [-0.39, 0.29) is 17.5 Å². The summed E-state index contributed by atoms with van der Waals surface area (Å²) in [6, 6.07) is 6.07. The van der Waals surface area contributed by atoms with Gasteiger partial charge in [-0.25, -0.2) is 4.79 Å². The largest absolute Gasteiger partial charge is 0.478 e. The SMILES string of the molecule is CC1=C(CC=NOC(C)N(C)C)C(c2cccc([N+](=O)[O-])c2)C(C(=O)O)=C(C)N1. The van der Waals surface area contributed by atoms with Crippen molar-refractivity contribution in [2.45, 2.75) is 39.3 Å². The number of non-ortho nitro benzene ring substituents is 1. The van der Waals surface area contributed by atoms with Crippen LogP contribution >= 0.6 is 0 Å². The summed E-state index contributed by atoms with van der Waals surface area (Å²) in [7, 11) is 3.73. The van der Waals surface area contributed by atoms with Gasteiger partial charge in [-0.05, 0) is 46.0 Å². The summed E-state index contributed by atoms with van der Waals surface area (Å²) in [5.41, 5.74) is 2.67. The third-order valence-corrected chi connectivity index (χ3v) is 4.87. The molecule has 9 nitrogen and oxygen atoms in total. The first-order chi connectivity index (χ1) is 13.6. The van der Waals surface area contributed by atoms with Crippen LogP contribution in [-0.2, 0) is 9.63 Å². The highest BCUT2D eigenvalue weighted by atomic mass is 16.6. The van der Waals surface area contributed by atoms with Gasteiger partial charge in [-0.3, -0.25) is 15.0 Å². The van der Waals surface area contributed by atoms with Gasteiger partial charge in [0.15, 0.2) is 6.23 Å². The highest BCUT2D eigenvalue weighted by Gasteiger charge is 2.33. The molecule has 0 spiro atoms. The number of nitrogens with one attached hydrogen (secondary N) is 1. The normalized spacial score (nSPS) is 18.2. The van der Waals surface area contributed by atoms with E-state index in [1.807, 2.05) is 32.8 Å². The minimum absolute atomic E-state index is 0.0859. The summed E-state index contributed by atoms with van der Waals surface area (Å²) >= 11 is 0. The molecule has 0 aromatic heterocycles. The zero-order chi connectivity index (χ0) is 21.7. The van der Waals surface area contributed by atoms with Crippen molar-refractivity contribution in [1.82, 2.24) is 10.2 Å². The lowest BCUT2D eigenvalue weighted by molar-refractivity contribution is -0.384. The molecule has 0 saturated carbocycles. The van der Waals surface area contributed by atoms with Gasteiger partial charge in [0.1, 0.15) is 0 Å². The summed E-state index contributed by atoms with van der Waals surface area (Å²) < 4.78 is 0. The molecule has 2 N–H and O–H groups in total. The topological polar surface area (TPSA) is 117 Å². The molecule has 1 aromatic carbocycles. The third kappa shape index (κ3) is 5.20. The van der Waals surface area contributed by atoms with Crippen LogP contribution in [0.2, 0.25) is 0 Å². The zero-order valence-electron chi connectivity index (χ0n) is 17.2. The number of rotatable bonds is 8. The molecule has 0 fully saturated rings. The Morgan fingerprint density at radius 1 is 1.41 bits per heavy atom. The Morgan fingerprint density at radius 2 is 2.10 bits per heavy atom. The molecular formula is C20H26N4O5. The molecule has 1 heterocycles. The predicted molar refractivity (Wildman–Crippen MR) is 109 cm³/mol. The monoisotopic (exact) mass is 402 g/mol.